The molecule has 0 unspecified atom stereocenters. The molecule has 4 heteroatoms. The highest BCUT2D eigenvalue weighted by molar-refractivity contribution is 8.03. The number of allylic oxidation sites excluding steroid dienone is 2. The molecule has 0 fully saturated rings. The molecule has 2 aliphatic rings. The lowest BCUT2D eigenvalue weighted by atomic mass is 10.0. The quantitative estimate of drug-likeness (QED) is 0.692. The average Bonchev–Trinajstić information content (AvgIpc) is 2.35. The van der Waals surface area contributed by atoms with Crippen molar-refractivity contribution in [3.63, 3.8) is 0 Å². The van der Waals surface area contributed by atoms with Crippen molar-refractivity contribution in [1.29, 1.82) is 0 Å². The summed E-state index contributed by atoms with van der Waals surface area (Å²) in [7, 11) is 0. The van der Waals surface area contributed by atoms with Crippen LogP contribution in [0.1, 0.15) is 32.6 Å². The van der Waals surface area contributed by atoms with Crippen LogP contribution in [0.25, 0.3) is 0 Å². The molecule has 1 aliphatic carbocycles. The second-order valence-electron chi connectivity index (χ2n) is 4.65. The van der Waals surface area contributed by atoms with Gasteiger partial charge in [-0.1, -0.05) is 23.4 Å². The molecule has 2 nitrogen and oxygen atoms in total. The van der Waals surface area contributed by atoms with Crippen LogP contribution in [-0.2, 0) is 4.79 Å². The van der Waals surface area contributed by atoms with Crippen molar-refractivity contribution in [2.75, 3.05) is 4.90 Å². The van der Waals surface area contributed by atoms with Crippen LogP contribution in [0, 0.1) is 0 Å². The molecule has 0 radical (unpaired) electrons. The van der Waals surface area contributed by atoms with Crippen LogP contribution in [0.5, 0.6) is 0 Å². The zero-order chi connectivity index (χ0) is 12.7. The van der Waals surface area contributed by atoms with E-state index in [2.05, 4.69) is 0 Å². The summed E-state index contributed by atoms with van der Waals surface area (Å²) in [5.41, 5.74) is 2.13. The third-order valence-corrected chi connectivity index (χ3v) is 4.86. The number of carbonyl (C=O) groups excluding carboxylic acids is 1. The molecular weight excluding hydrogens is 266 g/mol. The van der Waals surface area contributed by atoms with E-state index in [1.54, 1.807) is 18.7 Å². The van der Waals surface area contributed by atoms with Gasteiger partial charge in [0, 0.05) is 27.4 Å². The Balaban J connectivity index is 2.15. The minimum Gasteiger partial charge on any atom is -0.283 e. The molecule has 1 aliphatic heterocycles. The third kappa shape index (κ3) is 1.95. The summed E-state index contributed by atoms with van der Waals surface area (Å²) in [5.74, 6) is 0.0771. The van der Waals surface area contributed by atoms with Crippen molar-refractivity contribution in [2.45, 2.75) is 37.5 Å². The molecule has 1 aromatic carbocycles. The number of halogens is 1. The molecule has 3 rings (SSSR count). The van der Waals surface area contributed by atoms with Crippen LogP contribution >= 0.6 is 23.4 Å². The van der Waals surface area contributed by atoms with Crippen molar-refractivity contribution in [2.24, 2.45) is 0 Å². The summed E-state index contributed by atoms with van der Waals surface area (Å²) < 4.78 is 0. The maximum absolute atomic E-state index is 12.0. The second-order valence-corrected chi connectivity index (χ2v) is 6.22. The lowest BCUT2D eigenvalue weighted by molar-refractivity contribution is -0.116. The van der Waals surface area contributed by atoms with E-state index >= 15 is 0 Å². The van der Waals surface area contributed by atoms with Gasteiger partial charge in [-0.05, 0) is 43.9 Å². The lowest BCUT2D eigenvalue weighted by Gasteiger charge is -2.35. The highest BCUT2D eigenvalue weighted by atomic mass is 35.5. The van der Waals surface area contributed by atoms with Crippen LogP contribution in [0.4, 0.5) is 5.69 Å². The predicted octanol–water partition coefficient (Wildman–Crippen LogP) is 4.58. The molecule has 0 aromatic heterocycles. The number of thioether (sulfide) groups is 1. The molecule has 0 saturated heterocycles. The molecule has 0 spiro atoms. The van der Waals surface area contributed by atoms with E-state index in [0.717, 1.165) is 23.4 Å². The van der Waals surface area contributed by atoms with Crippen molar-refractivity contribution in [3.05, 3.63) is 33.8 Å². The van der Waals surface area contributed by atoms with Gasteiger partial charge in [0.2, 0.25) is 5.91 Å². The van der Waals surface area contributed by atoms with Gasteiger partial charge in [0.25, 0.3) is 0 Å². The molecule has 18 heavy (non-hydrogen) atoms. The van der Waals surface area contributed by atoms with Crippen LogP contribution in [-0.4, -0.2) is 5.91 Å². The molecular formula is C14H14ClNOS. The normalized spacial score (nSPS) is 18.4. The topological polar surface area (TPSA) is 20.3 Å². The van der Waals surface area contributed by atoms with E-state index in [-0.39, 0.29) is 5.91 Å². The largest absolute Gasteiger partial charge is 0.283 e. The number of hydrogen-bond acceptors (Lipinski definition) is 2. The Bertz CT molecular complexity index is 553. The van der Waals surface area contributed by atoms with Gasteiger partial charge in [-0.2, -0.15) is 0 Å². The zero-order valence-corrected chi connectivity index (χ0v) is 11.8. The first-order chi connectivity index (χ1) is 8.66. The van der Waals surface area contributed by atoms with Crippen LogP contribution in [0.3, 0.4) is 0 Å². The number of rotatable bonds is 0. The van der Waals surface area contributed by atoms with Crippen molar-refractivity contribution in [3.8, 4) is 0 Å². The predicted molar refractivity (Wildman–Crippen MR) is 76.0 cm³/mol. The first-order valence-electron chi connectivity index (χ1n) is 6.17. The Morgan fingerprint density at radius 2 is 2.11 bits per heavy atom. The lowest BCUT2D eigenvalue weighted by Crippen LogP contribution is -2.31. The Morgan fingerprint density at radius 3 is 2.89 bits per heavy atom. The number of hydrogen-bond donors (Lipinski definition) is 0. The third-order valence-electron chi connectivity index (χ3n) is 3.37. The van der Waals surface area contributed by atoms with Crippen molar-refractivity contribution in [1.82, 2.24) is 0 Å². The first-order valence-corrected chi connectivity index (χ1v) is 7.36. The summed E-state index contributed by atoms with van der Waals surface area (Å²) in [6.07, 6.45) is 4.47. The number of nitrogens with zero attached hydrogens (tertiary/aromatic N) is 1. The highest BCUT2D eigenvalue weighted by Crippen LogP contribution is 2.48. The molecule has 1 amide bonds. The van der Waals surface area contributed by atoms with Gasteiger partial charge in [0.1, 0.15) is 0 Å². The Hall–Kier alpha value is -0.930. The van der Waals surface area contributed by atoms with E-state index in [1.165, 1.54) is 23.4 Å². The van der Waals surface area contributed by atoms with Gasteiger partial charge in [-0.25, -0.2) is 0 Å². The van der Waals surface area contributed by atoms with Crippen LogP contribution in [0.15, 0.2) is 33.7 Å². The monoisotopic (exact) mass is 279 g/mol. The van der Waals surface area contributed by atoms with Gasteiger partial charge >= 0.3 is 0 Å². The first kappa shape index (κ1) is 12.1. The molecule has 0 N–H and O–H groups in total. The van der Waals surface area contributed by atoms with Gasteiger partial charge in [-0.15, -0.1) is 0 Å². The second kappa shape index (κ2) is 4.63. The van der Waals surface area contributed by atoms with E-state index in [4.69, 9.17) is 11.6 Å². The number of anilines is 1. The number of benzene rings is 1. The fraction of sp³-hybridized carbons (Fsp3) is 0.357. The minimum absolute atomic E-state index is 0.0771. The average molecular weight is 280 g/mol. The molecule has 0 bridgehead atoms. The smallest absolute Gasteiger partial charge is 0.228 e. The molecule has 0 saturated carbocycles. The molecule has 94 valence electrons. The summed E-state index contributed by atoms with van der Waals surface area (Å²) in [5, 5.41) is 0.681. The standard InChI is InChI=1S/C14H14ClNOS/c1-9(17)16-11-4-2-3-5-13(11)18-14-7-6-10(15)8-12(14)16/h6-8H,2-5H2,1H3. The summed E-state index contributed by atoms with van der Waals surface area (Å²) in [4.78, 5) is 16.3. The van der Waals surface area contributed by atoms with Crippen molar-refractivity contribution < 1.29 is 4.79 Å². The highest BCUT2D eigenvalue weighted by Gasteiger charge is 2.29. The SMILES string of the molecule is CC(=O)N1C2=C(CCCC2)Sc2ccc(Cl)cc21. The minimum atomic E-state index is 0.0771. The number of amides is 1. The summed E-state index contributed by atoms with van der Waals surface area (Å²) >= 11 is 7.86. The Kier molecular flexibility index (Phi) is 3.12. The summed E-state index contributed by atoms with van der Waals surface area (Å²) in [6, 6.07) is 5.79. The van der Waals surface area contributed by atoms with Crippen LogP contribution in [0.2, 0.25) is 5.02 Å². The molecule has 0 atom stereocenters. The Morgan fingerprint density at radius 1 is 1.33 bits per heavy atom. The molecule has 1 heterocycles. The van der Waals surface area contributed by atoms with Crippen LogP contribution < -0.4 is 4.90 Å². The van der Waals surface area contributed by atoms with Gasteiger partial charge in [0.15, 0.2) is 0 Å². The fourth-order valence-corrected chi connectivity index (χ4v) is 3.98. The maximum Gasteiger partial charge on any atom is 0.228 e. The molecule has 1 aromatic rings. The number of fused-ring (bicyclic) bond motifs is 1. The Labute approximate surface area is 116 Å². The number of carbonyl (C=O) groups is 1. The van der Waals surface area contributed by atoms with E-state index in [1.807, 2.05) is 23.1 Å². The van der Waals surface area contributed by atoms with E-state index < -0.39 is 0 Å². The van der Waals surface area contributed by atoms with Crippen molar-refractivity contribution >= 4 is 35.0 Å². The van der Waals surface area contributed by atoms with Gasteiger partial charge in [-0.3, -0.25) is 9.69 Å². The van der Waals surface area contributed by atoms with Gasteiger partial charge < -0.3 is 0 Å². The fourth-order valence-electron chi connectivity index (χ4n) is 2.60. The zero-order valence-electron chi connectivity index (χ0n) is 10.2. The van der Waals surface area contributed by atoms with E-state index in [9.17, 15) is 4.79 Å². The van der Waals surface area contributed by atoms with Gasteiger partial charge in [0.05, 0.1) is 5.69 Å². The summed E-state index contributed by atoms with van der Waals surface area (Å²) in [6.45, 7) is 1.62. The maximum atomic E-state index is 12.0. The van der Waals surface area contributed by atoms with E-state index in [0.29, 0.717) is 5.02 Å².